The lowest BCUT2D eigenvalue weighted by Gasteiger charge is -2.19. The van der Waals surface area contributed by atoms with Crippen LogP contribution in [0.1, 0.15) is 58.0 Å². The van der Waals surface area contributed by atoms with E-state index < -0.39 is 0 Å². The maximum Gasteiger partial charge on any atom is 0.293 e. The van der Waals surface area contributed by atoms with E-state index in [2.05, 4.69) is 10.1 Å². The second-order valence-corrected chi connectivity index (χ2v) is 8.03. The summed E-state index contributed by atoms with van der Waals surface area (Å²) >= 11 is 0. The Hall–Kier alpha value is -3.48. The lowest BCUT2D eigenvalue weighted by atomic mass is 10.1. The minimum atomic E-state index is -0.187. The molecular formula is C24H27N5O2. The van der Waals surface area contributed by atoms with Crippen LogP contribution >= 0.6 is 0 Å². The SMILES string of the molecule is CCN(Cc1ccc(C(=O)N(C)C)cc1)C(=O)c1nc(C2CC2)n(-c2ccccc2)n1. The Morgan fingerprint density at radius 1 is 1.00 bits per heavy atom. The van der Waals surface area contributed by atoms with E-state index in [9.17, 15) is 9.59 Å². The lowest BCUT2D eigenvalue weighted by molar-refractivity contribution is 0.0739. The molecule has 0 spiro atoms. The maximum absolute atomic E-state index is 13.2. The highest BCUT2D eigenvalue weighted by atomic mass is 16.2. The number of nitrogens with zero attached hydrogens (tertiary/aromatic N) is 5. The molecule has 4 rings (SSSR count). The molecule has 0 N–H and O–H groups in total. The predicted molar refractivity (Wildman–Crippen MR) is 118 cm³/mol. The van der Waals surface area contributed by atoms with Crippen molar-refractivity contribution < 1.29 is 9.59 Å². The smallest absolute Gasteiger partial charge is 0.293 e. The summed E-state index contributed by atoms with van der Waals surface area (Å²) in [6.07, 6.45) is 2.16. The van der Waals surface area contributed by atoms with Crippen molar-refractivity contribution in [3.63, 3.8) is 0 Å². The second kappa shape index (κ2) is 8.71. The molecule has 7 nitrogen and oxygen atoms in total. The highest BCUT2D eigenvalue weighted by Gasteiger charge is 2.32. The van der Waals surface area contributed by atoms with Crippen molar-refractivity contribution in [3.8, 4) is 5.69 Å². The Labute approximate surface area is 182 Å². The number of carbonyl (C=O) groups excluding carboxylic acids is 2. The zero-order valence-electron chi connectivity index (χ0n) is 18.2. The van der Waals surface area contributed by atoms with Gasteiger partial charge in [0.25, 0.3) is 11.8 Å². The molecule has 1 heterocycles. The molecule has 7 heteroatoms. The Morgan fingerprint density at radius 3 is 2.26 bits per heavy atom. The molecule has 0 atom stereocenters. The molecule has 1 aliphatic carbocycles. The molecule has 2 aromatic carbocycles. The van der Waals surface area contributed by atoms with E-state index in [0.29, 0.717) is 24.6 Å². The van der Waals surface area contributed by atoms with E-state index in [1.165, 1.54) is 0 Å². The van der Waals surface area contributed by atoms with Crippen LogP contribution in [0.4, 0.5) is 0 Å². The molecule has 1 fully saturated rings. The summed E-state index contributed by atoms with van der Waals surface area (Å²) < 4.78 is 1.81. The molecule has 0 unspecified atom stereocenters. The van der Waals surface area contributed by atoms with E-state index >= 15 is 0 Å². The van der Waals surface area contributed by atoms with E-state index in [4.69, 9.17) is 0 Å². The van der Waals surface area contributed by atoms with Gasteiger partial charge in [-0.25, -0.2) is 9.67 Å². The average Bonchev–Trinajstić information content (AvgIpc) is 3.55. The largest absolute Gasteiger partial charge is 0.345 e. The number of hydrogen-bond donors (Lipinski definition) is 0. The third kappa shape index (κ3) is 4.50. The zero-order valence-corrected chi connectivity index (χ0v) is 18.2. The highest BCUT2D eigenvalue weighted by Crippen LogP contribution is 2.39. The van der Waals surface area contributed by atoms with Crippen molar-refractivity contribution in [1.82, 2.24) is 24.6 Å². The maximum atomic E-state index is 13.2. The first-order valence-electron chi connectivity index (χ1n) is 10.6. The highest BCUT2D eigenvalue weighted by molar-refractivity contribution is 5.94. The van der Waals surface area contributed by atoms with Crippen molar-refractivity contribution in [3.05, 3.63) is 77.4 Å². The summed E-state index contributed by atoms with van der Waals surface area (Å²) in [5.74, 6) is 1.22. The van der Waals surface area contributed by atoms with Crippen LogP contribution in [-0.2, 0) is 6.54 Å². The van der Waals surface area contributed by atoms with Gasteiger partial charge in [-0.1, -0.05) is 30.3 Å². The van der Waals surface area contributed by atoms with Gasteiger partial charge in [-0.3, -0.25) is 9.59 Å². The summed E-state index contributed by atoms with van der Waals surface area (Å²) in [5, 5.41) is 4.57. The molecule has 3 aromatic rings. The van der Waals surface area contributed by atoms with Gasteiger partial charge in [-0.15, -0.1) is 5.10 Å². The van der Waals surface area contributed by atoms with E-state index in [0.717, 1.165) is 29.9 Å². The molecule has 0 radical (unpaired) electrons. The van der Waals surface area contributed by atoms with E-state index in [1.54, 1.807) is 40.7 Å². The van der Waals surface area contributed by atoms with Gasteiger partial charge >= 0.3 is 0 Å². The Balaban J connectivity index is 1.54. The first-order valence-corrected chi connectivity index (χ1v) is 10.6. The van der Waals surface area contributed by atoms with Crippen LogP contribution in [0.15, 0.2) is 54.6 Å². The molecule has 1 aromatic heterocycles. The molecule has 1 saturated carbocycles. The Bertz CT molecular complexity index is 1070. The van der Waals surface area contributed by atoms with E-state index in [-0.39, 0.29) is 17.6 Å². The Kier molecular flexibility index (Phi) is 5.84. The van der Waals surface area contributed by atoms with Gasteiger partial charge < -0.3 is 9.80 Å². The summed E-state index contributed by atoms with van der Waals surface area (Å²) in [7, 11) is 3.45. The fraction of sp³-hybridized carbons (Fsp3) is 0.333. The van der Waals surface area contributed by atoms with Crippen LogP contribution in [0.25, 0.3) is 5.69 Å². The lowest BCUT2D eigenvalue weighted by Crippen LogP contribution is -2.31. The van der Waals surface area contributed by atoms with Gasteiger partial charge in [-0.2, -0.15) is 0 Å². The number of rotatable bonds is 7. The summed E-state index contributed by atoms with van der Waals surface area (Å²) in [6.45, 7) is 2.91. The summed E-state index contributed by atoms with van der Waals surface area (Å²) in [5.41, 5.74) is 2.50. The molecule has 1 aliphatic rings. The first-order chi connectivity index (χ1) is 15.0. The van der Waals surface area contributed by atoms with Crippen molar-refractivity contribution >= 4 is 11.8 Å². The van der Waals surface area contributed by atoms with E-state index in [1.807, 2.05) is 49.4 Å². The van der Waals surface area contributed by atoms with Crippen LogP contribution in [0.3, 0.4) is 0 Å². The standard InChI is InChI=1S/C24H27N5O2/c1-4-28(16-17-10-12-19(13-11-17)23(30)27(2)3)24(31)21-25-22(18-14-15-18)29(26-21)20-8-6-5-7-9-20/h5-13,18H,4,14-16H2,1-3H3. The third-order valence-electron chi connectivity index (χ3n) is 5.42. The molecular weight excluding hydrogens is 390 g/mol. The number of amides is 2. The van der Waals surface area contributed by atoms with Crippen LogP contribution in [0.5, 0.6) is 0 Å². The first kappa shape index (κ1) is 20.8. The number of carbonyl (C=O) groups is 2. The summed E-state index contributed by atoms with van der Waals surface area (Å²) in [4.78, 5) is 33.2. The zero-order chi connectivity index (χ0) is 22.0. The predicted octanol–water partition coefficient (Wildman–Crippen LogP) is 3.51. The minimum absolute atomic E-state index is 0.0433. The average molecular weight is 418 g/mol. The minimum Gasteiger partial charge on any atom is -0.345 e. The summed E-state index contributed by atoms with van der Waals surface area (Å²) in [6, 6.07) is 17.2. The van der Waals surface area contributed by atoms with Gasteiger partial charge in [0.1, 0.15) is 5.82 Å². The van der Waals surface area contributed by atoms with Gasteiger partial charge in [-0.05, 0) is 49.6 Å². The van der Waals surface area contributed by atoms with Gasteiger partial charge in [0.15, 0.2) is 0 Å². The van der Waals surface area contributed by atoms with Gasteiger partial charge in [0, 0.05) is 38.7 Å². The quantitative estimate of drug-likeness (QED) is 0.590. The number of hydrogen-bond acceptors (Lipinski definition) is 4. The monoisotopic (exact) mass is 417 g/mol. The van der Waals surface area contributed by atoms with Crippen LogP contribution < -0.4 is 0 Å². The second-order valence-electron chi connectivity index (χ2n) is 8.03. The Morgan fingerprint density at radius 2 is 1.68 bits per heavy atom. The van der Waals surface area contributed by atoms with Crippen molar-refractivity contribution in [2.45, 2.75) is 32.2 Å². The van der Waals surface area contributed by atoms with Crippen LogP contribution in [0.2, 0.25) is 0 Å². The van der Waals surface area contributed by atoms with Crippen molar-refractivity contribution in [2.75, 3.05) is 20.6 Å². The number of aromatic nitrogens is 3. The van der Waals surface area contributed by atoms with Crippen LogP contribution in [-0.4, -0.2) is 57.0 Å². The fourth-order valence-electron chi connectivity index (χ4n) is 3.48. The fourth-order valence-corrected chi connectivity index (χ4v) is 3.48. The molecule has 0 bridgehead atoms. The molecule has 2 amide bonds. The van der Waals surface area contributed by atoms with Gasteiger partial charge in [0.05, 0.1) is 5.69 Å². The van der Waals surface area contributed by atoms with Gasteiger partial charge in [0.2, 0.25) is 5.82 Å². The van der Waals surface area contributed by atoms with Crippen molar-refractivity contribution in [2.24, 2.45) is 0 Å². The number of benzene rings is 2. The molecule has 0 saturated heterocycles. The third-order valence-corrected chi connectivity index (χ3v) is 5.42. The molecule has 31 heavy (non-hydrogen) atoms. The number of para-hydroxylation sites is 1. The normalized spacial score (nSPS) is 13.1. The molecule has 160 valence electrons. The van der Waals surface area contributed by atoms with Crippen molar-refractivity contribution in [1.29, 1.82) is 0 Å². The topological polar surface area (TPSA) is 71.3 Å². The van der Waals surface area contributed by atoms with Crippen LogP contribution in [0, 0.1) is 0 Å². The molecule has 0 aliphatic heterocycles.